The van der Waals surface area contributed by atoms with Gasteiger partial charge in [0.2, 0.25) is 3.79 Å². The van der Waals surface area contributed by atoms with Gasteiger partial charge in [-0.1, -0.05) is 46.4 Å². The van der Waals surface area contributed by atoms with Crippen LogP contribution in [0.15, 0.2) is 18.2 Å². The first-order valence-electron chi connectivity index (χ1n) is 4.66. The lowest BCUT2D eigenvalue weighted by molar-refractivity contribution is 0.179. The molecule has 0 saturated heterocycles. The number of fused-ring (bicyclic) bond motifs is 1. The zero-order chi connectivity index (χ0) is 12.6. The van der Waals surface area contributed by atoms with Crippen LogP contribution in [0.1, 0.15) is 5.01 Å². The van der Waals surface area contributed by atoms with Gasteiger partial charge in [-0.15, -0.1) is 11.3 Å². The van der Waals surface area contributed by atoms with Gasteiger partial charge in [0.05, 0.1) is 15.2 Å². The maximum Gasteiger partial charge on any atom is 0.216 e. The van der Waals surface area contributed by atoms with E-state index >= 15 is 0 Å². The van der Waals surface area contributed by atoms with Crippen molar-refractivity contribution in [3.8, 4) is 0 Å². The first kappa shape index (κ1) is 13.7. The zero-order valence-electron chi connectivity index (χ0n) is 8.33. The number of alkyl halides is 3. The van der Waals surface area contributed by atoms with E-state index in [0.717, 1.165) is 10.2 Å². The minimum atomic E-state index is -1.70. The molecular formula is C10H7Cl4NOS. The number of thiazole rings is 1. The number of benzene rings is 1. The van der Waals surface area contributed by atoms with E-state index in [-0.39, 0.29) is 6.42 Å². The van der Waals surface area contributed by atoms with Crippen molar-refractivity contribution in [2.24, 2.45) is 0 Å². The minimum absolute atomic E-state index is 0.202. The number of hydrogen-bond acceptors (Lipinski definition) is 3. The Labute approximate surface area is 122 Å². The maximum absolute atomic E-state index is 9.66. The molecule has 0 spiro atoms. The first-order valence-corrected chi connectivity index (χ1v) is 6.99. The number of aliphatic hydroxyl groups is 1. The van der Waals surface area contributed by atoms with Crippen LogP contribution in [-0.4, -0.2) is 20.0 Å². The topological polar surface area (TPSA) is 33.1 Å². The lowest BCUT2D eigenvalue weighted by Crippen LogP contribution is -2.27. The quantitative estimate of drug-likeness (QED) is 0.836. The molecule has 1 heterocycles. The highest BCUT2D eigenvalue weighted by Gasteiger charge is 2.31. The van der Waals surface area contributed by atoms with Crippen molar-refractivity contribution in [1.82, 2.24) is 4.98 Å². The predicted octanol–water partition coefficient (Wildman–Crippen LogP) is 4.22. The van der Waals surface area contributed by atoms with Crippen LogP contribution in [-0.2, 0) is 6.42 Å². The summed E-state index contributed by atoms with van der Waals surface area (Å²) in [5, 5.41) is 11.0. The Balaban J connectivity index is 2.25. The van der Waals surface area contributed by atoms with Gasteiger partial charge < -0.3 is 5.11 Å². The second-order valence-electron chi connectivity index (χ2n) is 3.48. The molecule has 0 radical (unpaired) electrons. The van der Waals surface area contributed by atoms with Gasteiger partial charge in [0.15, 0.2) is 0 Å². The summed E-state index contributed by atoms with van der Waals surface area (Å²) in [7, 11) is 0. The Hall–Kier alpha value is 0.230. The van der Waals surface area contributed by atoms with Gasteiger partial charge in [-0.25, -0.2) is 4.98 Å². The monoisotopic (exact) mass is 329 g/mol. The van der Waals surface area contributed by atoms with Crippen molar-refractivity contribution in [3.63, 3.8) is 0 Å². The second-order valence-corrected chi connectivity index (χ2v) is 7.40. The van der Waals surface area contributed by atoms with E-state index in [0.29, 0.717) is 10.0 Å². The molecule has 0 amide bonds. The Morgan fingerprint density at radius 2 is 2.06 bits per heavy atom. The Morgan fingerprint density at radius 3 is 2.71 bits per heavy atom. The average Bonchev–Trinajstić information content (AvgIpc) is 2.57. The normalized spacial score (nSPS) is 14.2. The van der Waals surface area contributed by atoms with Gasteiger partial charge in [0, 0.05) is 11.4 Å². The molecule has 92 valence electrons. The van der Waals surface area contributed by atoms with Crippen LogP contribution in [0.25, 0.3) is 10.2 Å². The summed E-state index contributed by atoms with van der Waals surface area (Å²) in [6, 6.07) is 5.40. The van der Waals surface area contributed by atoms with Crippen molar-refractivity contribution in [2.45, 2.75) is 16.3 Å². The molecule has 0 bridgehead atoms. The molecule has 0 aliphatic carbocycles. The fourth-order valence-corrected chi connectivity index (χ4v) is 2.83. The summed E-state index contributed by atoms with van der Waals surface area (Å²) in [5.41, 5.74) is 0.825. The van der Waals surface area contributed by atoms with Crippen molar-refractivity contribution in [1.29, 1.82) is 0 Å². The van der Waals surface area contributed by atoms with Gasteiger partial charge in [0.1, 0.15) is 6.10 Å². The van der Waals surface area contributed by atoms with E-state index in [1.807, 2.05) is 12.1 Å². The zero-order valence-corrected chi connectivity index (χ0v) is 12.2. The molecule has 1 aromatic carbocycles. The SMILES string of the molecule is OC(Cc1nc2ccc(Cl)cc2s1)C(Cl)(Cl)Cl. The number of aromatic nitrogens is 1. The van der Waals surface area contributed by atoms with E-state index in [4.69, 9.17) is 46.4 Å². The average molecular weight is 331 g/mol. The Kier molecular flexibility index (Phi) is 4.08. The van der Waals surface area contributed by atoms with E-state index in [1.54, 1.807) is 6.07 Å². The van der Waals surface area contributed by atoms with Crippen molar-refractivity contribution in [3.05, 3.63) is 28.2 Å². The molecule has 0 fully saturated rings. The molecule has 0 aliphatic heterocycles. The molecule has 1 aromatic heterocycles. The molecule has 7 heteroatoms. The Morgan fingerprint density at radius 1 is 1.35 bits per heavy atom. The van der Waals surface area contributed by atoms with Crippen LogP contribution in [0.2, 0.25) is 5.02 Å². The first-order chi connectivity index (χ1) is 7.86. The van der Waals surface area contributed by atoms with Gasteiger partial charge >= 0.3 is 0 Å². The molecule has 0 saturated carbocycles. The predicted molar refractivity (Wildman–Crippen MR) is 74.6 cm³/mol. The standard InChI is InChI=1S/C10H7Cl4NOS/c11-5-1-2-6-7(3-5)17-9(15-6)4-8(16)10(12,13)14/h1-3,8,16H,4H2. The van der Waals surface area contributed by atoms with E-state index in [9.17, 15) is 5.11 Å². The van der Waals surface area contributed by atoms with Crippen molar-refractivity contribution < 1.29 is 5.11 Å². The number of halogens is 4. The number of nitrogens with zero attached hydrogens (tertiary/aromatic N) is 1. The number of rotatable bonds is 2. The van der Waals surface area contributed by atoms with Crippen LogP contribution in [0.5, 0.6) is 0 Å². The largest absolute Gasteiger partial charge is 0.388 e. The molecule has 17 heavy (non-hydrogen) atoms. The third kappa shape index (κ3) is 3.37. The number of hydrogen-bond donors (Lipinski definition) is 1. The van der Waals surface area contributed by atoms with Gasteiger partial charge in [-0.05, 0) is 18.2 Å². The lowest BCUT2D eigenvalue weighted by atomic mass is 10.3. The van der Waals surface area contributed by atoms with Crippen LogP contribution in [0.4, 0.5) is 0 Å². The molecule has 2 aromatic rings. The third-order valence-corrected chi connectivity index (χ3v) is 4.17. The molecule has 2 nitrogen and oxygen atoms in total. The molecule has 1 N–H and O–H groups in total. The summed E-state index contributed by atoms with van der Waals surface area (Å²) in [4.78, 5) is 4.33. The molecule has 0 aliphatic rings. The van der Waals surface area contributed by atoms with Crippen LogP contribution < -0.4 is 0 Å². The van der Waals surface area contributed by atoms with E-state index in [1.165, 1.54) is 11.3 Å². The van der Waals surface area contributed by atoms with Crippen LogP contribution in [0.3, 0.4) is 0 Å². The maximum atomic E-state index is 9.66. The lowest BCUT2D eigenvalue weighted by Gasteiger charge is -2.17. The number of aliphatic hydroxyl groups excluding tert-OH is 1. The highest BCUT2D eigenvalue weighted by Crippen LogP contribution is 2.33. The summed E-state index contributed by atoms with van der Waals surface area (Å²) < 4.78 is -0.751. The van der Waals surface area contributed by atoms with E-state index < -0.39 is 9.90 Å². The summed E-state index contributed by atoms with van der Waals surface area (Å²) in [6.07, 6.45) is -0.878. The van der Waals surface area contributed by atoms with Crippen LogP contribution >= 0.6 is 57.7 Å². The van der Waals surface area contributed by atoms with Crippen LogP contribution in [0, 0.1) is 0 Å². The minimum Gasteiger partial charge on any atom is -0.388 e. The van der Waals surface area contributed by atoms with E-state index in [2.05, 4.69) is 4.98 Å². The van der Waals surface area contributed by atoms with Crippen molar-refractivity contribution in [2.75, 3.05) is 0 Å². The molecular weight excluding hydrogens is 324 g/mol. The summed E-state index contributed by atoms with van der Waals surface area (Å²) in [6.45, 7) is 0. The highest BCUT2D eigenvalue weighted by molar-refractivity contribution is 7.18. The Bertz CT molecular complexity index is 537. The fraction of sp³-hybridized carbons (Fsp3) is 0.300. The fourth-order valence-electron chi connectivity index (χ4n) is 1.31. The molecule has 1 atom stereocenters. The van der Waals surface area contributed by atoms with Crippen molar-refractivity contribution >= 4 is 68.0 Å². The van der Waals surface area contributed by atoms with Gasteiger partial charge in [0.25, 0.3) is 0 Å². The summed E-state index contributed by atoms with van der Waals surface area (Å²) >= 11 is 24.1. The second kappa shape index (κ2) is 5.08. The molecule has 2 rings (SSSR count). The molecule has 1 unspecified atom stereocenters. The summed E-state index contributed by atoms with van der Waals surface area (Å²) in [5.74, 6) is 0. The smallest absolute Gasteiger partial charge is 0.216 e. The third-order valence-electron chi connectivity index (χ3n) is 2.14. The van der Waals surface area contributed by atoms with Gasteiger partial charge in [-0.3, -0.25) is 0 Å². The van der Waals surface area contributed by atoms with Gasteiger partial charge in [-0.2, -0.15) is 0 Å². The highest BCUT2D eigenvalue weighted by atomic mass is 35.6.